The largest absolute Gasteiger partial charge is 0.486 e. The van der Waals surface area contributed by atoms with Crippen molar-refractivity contribution in [3.8, 4) is 17.6 Å². The molecule has 0 unspecified atom stereocenters. The molecule has 0 aliphatic rings. The number of hydrogen-bond acceptors (Lipinski definition) is 5. The molecule has 0 fully saturated rings. The maximum absolute atomic E-state index is 12.5. The van der Waals surface area contributed by atoms with E-state index in [0.717, 1.165) is 5.56 Å². The van der Waals surface area contributed by atoms with Gasteiger partial charge in [0, 0.05) is 12.4 Å². The van der Waals surface area contributed by atoms with Crippen molar-refractivity contribution in [2.24, 2.45) is 0 Å². The van der Waals surface area contributed by atoms with Gasteiger partial charge in [0.25, 0.3) is 0 Å². The molecule has 0 saturated heterocycles. The van der Waals surface area contributed by atoms with Crippen LogP contribution >= 0.6 is 23.2 Å². The highest BCUT2D eigenvalue weighted by molar-refractivity contribution is 6.35. The molecule has 0 spiro atoms. The molecule has 32 heavy (non-hydrogen) atoms. The van der Waals surface area contributed by atoms with Crippen LogP contribution in [0.2, 0.25) is 10.0 Å². The predicted octanol–water partition coefficient (Wildman–Crippen LogP) is 5.60. The second kappa shape index (κ2) is 10.5. The van der Waals surface area contributed by atoms with E-state index in [4.69, 9.17) is 32.7 Å². The van der Waals surface area contributed by atoms with E-state index in [2.05, 4.69) is 21.8 Å². The number of benzene rings is 2. The summed E-state index contributed by atoms with van der Waals surface area (Å²) < 4.78 is 11.2. The molecule has 7 heteroatoms. The van der Waals surface area contributed by atoms with Gasteiger partial charge in [-0.3, -0.25) is 9.78 Å². The van der Waals surface area contributed by atoms with Gasteiger partial charge in [0.1, 0.15) is 17.7 Å². The normalized spacial score (nSPS) is 10.8. The number of carbonyl (C=O) groups is 1. The Labute approximate surface area is 197 Å². The van der Waals surface area contributed by atoms with E-state index in [1.165, 1.54) is 12.4 Å². The molecule has 0 atom stereocenters. The van der Waals surface area contributed by atoms with E-state index in [9.17, 15) is 4.79 Å². The van der Waals surface area contributed by atoms with Gasteiger partial charge < -0.3 is 9.47 Å². The van der Waals surface area contributed by atoms with Crippen molar-refractivity contribution in [1.82, 2.24) is 9.97 Å². The molecule has 0 saturated carbocycles. The third-order valence-corrected chi connectivity index (χ3v) is 5.28. The summed E-state index contributed by atoms with van der Waals surface area (Å²) in [4.78, 5) is 21.1. The molecule has 0 radical (unpaired) electrons. The lowest BCUT2D eigenvalue weighted by atomic mass is 9.87. The maximum atomic E-state index is 12.5. The molecule has 3 rings (SSSR count). The molecule has 0 N–H and O–H groups in total. The molecular weight excluding hydrogens is 447 g/mol. The third kappa shape index (κ3) is 5.40. The highest BCUT2D eigenvalue weighted by Crippen LogP contribution is 2.34. The first-order valence-electron chi connectivity index (χ1n) is 10.00. The predicted molar refractivity (Wildman–Crippen MR) is 125 cm³/mol. The molecule has 5 nitrogen and oxygen atoms in total. The summed E-state index contributed by atoms with van der Waals surface area (Å²) in [5.74, 6) is 5.97. The standard InChI is InChI=1S/C25H22Cl2N2O3/c1-4-31-24(30)25(2,3)23-21(28-14-15-29-23)13-10-18-19(26)11-12-20(27)22(18)32-16-17-8-6-5-7-9-17/h5-9,11-12,14-15H,4,16H2,1-3H3. The van der Waals surface area contributed by atoms with Gasteiger partial charge in [-0.25, -0.2) is 4.98 Å². The number of aromatic nitrogens is 2. The van der Waals surface area contributed by atoms with E-state index in [-0.39, 0.29) is 6.61 Å². The first-order valence-corrected chi connectivity index (χ1v) is 10.8. The summed E-state index contributed by atoms with van der Waals surface area (Å²) in [5.41, 5.74) is 1.14. The topological polar surface area (TPSA) is 61.3 Å². The van der Waals surface area contributed by atoms with Crippen molar-refractivity contribution in [2.75, 3.05) is 6.61 Å². The van der Waals surface area contributed by atoms with Crippen molar-refractivity contribution in [1.29, 1.82) is 0 Å². The van der Waals surface area contributed by atoms with Crippen LogP contribution in [-0.4, -0.2) is 22.5 Å². The minimum atomic E-state index is -1.03. The van der Waals surface area contributed by atoms with E-state index < -0.39 is 11.4 Å². The van der Waals surface area contributed by atoms with Crippen molar-refractivity contribution in [2.45, 2.75) is 32.8 Å². The van der Waals surface area contributed by atoms with Crippen molar-refractivity contribution >= 4 is 29.2 Å². The molecule has 0 amide bonds. The molecule has 164 valence electrons. The first kappa shape index (κ1) is 23.6. The Hall–Kier alpha value is -3.07. The number of halogens is 2. The maximum Gasteiger partial charge on any atom is 0.317 e. The molecule has 1 aromatic heterocycles. The minimum absolute atomic E-state index is 0.268. The van der Waals surface area contributed by atoms with Crippen LogP contribution in [-0.2, 0) is 21.6 Å². The zero-order valence-electron chi connectivity index (χ0n) is 18.0. The third-order valence-electron chi connectivity index (χ3n) is 4.67. The van der Waals surface area contributed by atoms with Crippen molar-refractivity contribution < 1.29 is 14.3 Å². The summed E-state index contributed by atoms with van der Waals surface area (Å²) in [7, 11) is 0. The number of hydrogen-bond donors (Lipinski definition) is 0. The van der Waals surface area contributed by atoms with Gasteiger partial charge in [0.15, 0.2) is 5.75 Å². The number of nitrogens with zero attached hydrogens (tertiary/aromatic N) is 2. The Balaban J connectivity index is 1.99. The van der Waals surface area contributed by atoms with Crippen LogP contribution in [0.15, 0.2) is 54.9 Å². The fourth-order valence-electron chi connectivity index (χ4n) is 2.94. The summed E-state index contributed by atoms with van der Waals surface area (Å²) in [6, 6.07) is 13.0. The molecule has 2 aromatic carbocycles. The Morgan fingerprint density at radius 3 is 2.41 bits per heavy atom. The molecule has 0 bridgehead atoms. The van der Waals surface area contributed by atoms with Gasteiger partial charge in [-0.15, -0.1) is 0 Å². The van der Waals surface area contributed by atoms with E-state index >= 15 is 0 Å². The average Bonchev–Trinajstić information content (AvgIpc) is 2.79. The Morgan fingerprint density at radius 2 is 1.69 bits per heavy atom. The second-order valence-corrected chi connectivity index (χ2v) is 8.17. The van der Waals surface area contributed by atoms with Crippen molar-refractivity contribution in [3.05, 3.63) is 87.4 Å². The van der Waals surface area contributed by atoms with E-state index in [1.807, 2.05) is 30.3 Å². The van der Waals surface area contributed by atoms with Gasteiger partial charge in [-0.05, 0) is 44.4 Å². The fourth-order valence-corrected chi connectivity index (χ4v) is 3.35. The van der Waals surface area contributed by atoms with Crippen LogP contribution in [0.25, 0.3) is 0 Å². The summed E-state index contributed by atoms with van der Waals surface area (Å²) in [6.45, 7) is 5.77. The average molecular weight is 469 g/mol. The highest BCUT2D eigenvalue weighted by atomic mass is 35.5. The highest BCUT2D eigenvalue weighted by Gasteiger charge is 2.35. The number of ether oxygens (including phenoxy) is 2. The smallest absolute Gasteiger partial charge is 0.317 e. The Bertz CT molecular complexity index is 1170. The van der Waals surface area contributed by atoms with Gasteiger partial charge in [-0.1, -0.05) is 59.5 Å². The number of carbonyl (C=O) groups excluding carboxylic acids is 1. The Kier molecular flexibility index (Phi) is 7.74. The summed E-state index contributed by atoms with van der Waals surface area (Å²) in [6.07, 6.45) is 3.03. The lowest BCUT2D eigenvalue weighted by molar-refractivity contribution is -0.149. The minimum Gasteiger partial charge on any atom is -0.486 e. The van der Waals surface area contributed by atoms with Crippen LogP contribution in [0.4, 0.5) is 0 Å². The van der Waals surface area contributed by atoms with Crippen LogP contribution in [0.3, 0.4) is 0 Å². The molecule has 0 aliphatic heterocycles. The SMILES string of the molecule is CCOC(=O)C(C)(C)c1nccnc1C#Cc1c(Cl)ccc(Cl)c1OCc1ccccc1. The van der Waals surface area contributed by atoms with E-state index in [1.54, 1.807) is 32.9 Å². The first-order chi connectivity index (χ1) is 15.3. The van der Waals surface area contributed by atoms with Gasteiger partial charge in [-0.2, -0.15) is 0 Å². The zero-order chi connectivity index (χ0) is 23.1. The number of esters is 1. The molecule has 0 aliphatic carbocycles. The fraction of sp³-hybridized carbons (Fsp3) is 0.240. The Morgan fingerprint density at radius 1 is 1.00 bits per heavy atom. The van der Waals surface area contributed by atoms with Gasteiger partial charge in [0.2, 0.25) is 0 Å². The lowest BCUT2D eigenvalue weighted by Gasteiger charge is -2.22. The molecular formula is C25H22Cl2N2O3. The quantitative estimate of drug-likeness (QED) is 0.347. The van der Waals surface area contributed by atoms with Crippen LogP contribution < -0.4 is 4.74 Å². The molecule has 3 aromatic rings. The van der Waals surface area contributed by atoms with Gasteiger partial charge in [0.05, 0.1) is 27.9 Å². The second-order valence-electron chi connectivity index (χ2n) is 7.36. The van der Waals surface area contributed by atoms with Crippen molar-refractivity contribution in [3.63, 3.8) is 0 Å². The lowest BCUT2D eigenvalue weighted by Crippen LogP contribution is -2.33. The van der Waals surface area contributed by atoms with Crippen LogP contribution in [0, 0.1) is 11.8 Å². The van der Waals surface area contributed by atoms with Crippen LogP contribution in [0.1, 0.15) is 43.3 Å². The summed E-state index contributed by atoms with van der Waals surface area (Å²) >= 11 is 12.8. The molecule has 1 heterocycles. The van der Waals surface area contributed by atoms with E-state index in [0.29, 0.717) is 39.4 Å². The monoisotopic (exact) mass is 468 g/mol. The number of rotatable bonds is 6. The van der Waals surface area contributed by atoms with Crippen LogP contribution in [0.5, 0.6) is 5.75 Å². The van der Waals surface area contributed by atoms with Gasteiger partial charge >= 0.3 is 5.97 Å². The summed E-state index contributed by atoms with van der Waals surface area (Å²) in [5, 5.41) is 0.779. The zero-order valence-corrected chi connectivity index (χ0v) is 19.5.